The van der Waals surface area contributed by atoms with Crippen LogP contribution in [0.5, 0.6) is 5.75 Å². The number of aryl methyl sites for hydroxylation is 1. The zero-order valence-corrected chi connectivity index (χ0v) is 17.3. The van der Waals surface area contributed by atoms with Crippen LogP contribution in [0.25, 0.3) is 11.4 Å². The lowest BCUT2D eigenvalue weighted by Gasteiger charge is -2.12. The molecule has 0 bridgehead atoms. The van der Waals surface area contributed by atoms with E-state index < -0.39 is 0 Å². The molecule has 0 unspecified atom stereocenters. The molecule has 3 rings (SSSR count). The first-order valence-electron chi connectivity index (χ1n) is 9.02. The van der Waals surface area contributed by atoms with E-state index in [2.05, 4.69) is 15.5 Å². The molecule has 1 heterocycles. The molecule has 0 fully saturated rings. The topological polar surface area (TPSA) is 69.0 Å². The number of carbonyl (C=O) groups excluding carboxylic acids is 1. The molecule has 146 valence electrons. The molecule has 7 heteroatoms. The number of methoxy groups -OCH3 is 1. The number of benzene rings is 2. The van der Waals surface area contributed by atoms with Crippen molar-refractivity contribution < 1.29 is 9.53 Å². The van der Waals surface area contributed by atoms with Crippen LogP contribution >= 0.6 is 11.8 Å². The van der Waals surface area contributed by atoms with E-state index in [1.165, 1.54) is 11.8 Å². The van der Waals surface area contributed by atoms with Gasteiger partial charge in [-0.3, -0.25) is 4.79 Å². The predicted molar refractivity (Wildman–Crippen MR) is 111 cm³/mol. The summed E-state index contributed by atoms with van der Waals surface area (Å²) in [5.41, 5.74) is 3.20. The Hall–Kier alpha value is -2.80. The van der Waals surface area contributed by atoms with Crippen LogP contribution in [0.2, 0.25) is 0 Å². The lowest BCUT2D eigenvalue weighted by Crippen LogP contribution is -2.30. The summed E-state index contributed by atoms with van der Waals surface area (Å²) in [5.74, 6) is 1.55. The Morgan fingerprint density at radius 1 is 1.18 bits per heavy atom. The number of amides is 1. The maximum Gasteiger partial charge on any atom is 0.233 e. The molecular weight excluding hydrogens is 372 g/mol. The van der Waals surface area contributed by atoms with Gasteiger partial charge in [0.2, 0.25) is 5.91 Å². The third-order valence-electron chi connectivity index (χ3n) is 4.50. The van der Waals surface area contributed by atoms with Crippen molar-refractivity contribution in [1.29, 1.82) is 0 Å². The lowest BCUT2D eigenvalue weighted by atomic mass is 10.1. The lowest BCUT2D eigenvalue weighted by molar-refractivity contribution is -0.120. The van der Waals surface area contributed by atoms with Crippen LogP contribution < -0.4 is 10.1 Å². The first kappa shape index (κ1) is 19.9. The van der Waals surface area contributed by atoms with Crippen LogP contribution in [0.3, 0.4) is 0 Å². The average Bonchev–Trinajstić information content (AvgIpc) is 3.07. The number of aromatic nitrogens is 3. The van der Waals surface area contributed by atoms with Gasteiger partial charge in [0, 0.05) is 19.2 Å². The van der Waals surface area contributed by atoms with Gasteiger partial charge in [-0.15, -0.1) is 10.2 Å². The van der Waals surface area contributed by atoms with E-state index >= 15 is 0 Å². The number of rotatable bonds is 7. The van der Waals surface area contributed by atoms with E-state index in [9.17, 15) is 4.79 Å². The largest absolute Gasteiger partial charge is 0.497 e. The van der Waals surface area contributed by atoms with Crippen LogP contribution in [0.1, 0.15) is 18.1 Å². The highest BCUT2D eigenvalue weighted by Gasteiger charge is 2.19. The average molecular weight is 397 g/mol. The third kappa shape index (κ3) is 4.54. The van der Waals surface area contributed by atoms with Crippen molar-refractivity contribution in [2.75, 3.05) is 7.11 Å². The summed E-state index contributed by atoms with van der Waals surface area (Å²) >= 11 is 1.40. The molecule has 1 amide bonds. The number of carbonyl (C=O) groups is 1. The maximum absolute atomic E-state index is 12.5. The number of ether oxygens (including phenoxy) is 1. The summed E-state index contributed by atoms with van der Waals surface area (Å²) < 4.78 is 7.08. The molecule has 0 aliphatic heterocycles. The SMILES string of the molecule is COc1ccc(CNC(=O)[C@H](C)Sc2nnc(-c3ccccc3C)n2C)cc1. The second kappa shape index (κ2) is 8.93. The second-order valence-electron chi connectivity index (χ2n) is 6.51. The number of nitrogens with zero attached hydrogens (tertiary/aromatic N) is 3. The highest BCUT2D eigenvalue weighted by molar-refractivity contribution is 8.00. The van der Waals surface area contributed by atoms with Gasteiger partial charge in [-0.1, -0.05) is 48.2 Å². The van der Waals surface area contributed by atoms with Crippen LogP contribution in [-0.4, -0.2) is 33.0 Å². The summed E-state index contributed by atoms with van der Waals surface area (Å²) in [4.78, 5) is 12.5. The first-order valence-corrected chi connectivity index (χ1v) is 9.90. The van der Waals surface area contributed by atoms with Gasteiger partial charge in [0.25, 0.3) is 0 Å². The Balaban J connectivity index is 1.62. The van der Waals surface area contributed by atoms with Crippen LogP contribution in [0, 0.1) is 6.92 Å². The smallest absolute Gasteiger partial charge is 0.233 e. The molecule has 0 saturated heterocycles. The summed E-state index contributed by atoms with van der Waals surface area (Å²) in [5, 5.41) is 12.0. The minimum absolute atomic E-state index is 0.0405. The van der Waals surface area contributed by atoms with E-state index in [4.69, 9.17) is 4.74 Å². The standard InChI is InChI=1S/C21H24N4O2S/c1-14-7-5-6-8-18(14)19-23-24-21(25(19)3)28-15(2)20(26)22-13-16-9-11-17(27-4)12-10-16/h5-12,15H,13H2,1-4H3,(H,22,26)/t15-/m0/s1. The molecule has 0 aliphatic rings. The minimum Gasteiger partial charge on any atom is -0.497 e. The molecular formula is C21H24N4O2S. The normalized spacial score (nSPS) is 11.9. The summed E-state index contributed by atoms with van der Waals surface area (Å²) in [7, 11) is 3.55. The van der Waals surface area contributed by atoms with E-state index in [0.717, 1.165) is 28.3 Å². The highest BCUT2D eigenvalue weighted by atomic mass is 32.2. The molecule has 28 heavy (non-hydrogen) atoms. The predicted octanol–water partition coefficient (Wildman–Crippen LogP) is 3.60. The molecule has 0 saturated carbocycles. The Morgan fingerprint density at radius 3 is 2.57 bits per heavy atom. The molecule has 0 aliphatic carbocycles. The summed E-state index contributed by atoms with van der Waals surface area (Å²) in [6, 6.07) is 15.7. The van der Waals surface area contributed by atoms with E-state index in [-0.39, 0.29) is 11.2 Å². The van der Waals surface area contributed by atoms with E-state index in [1.54, 1.807) is 7.11 Å². The van der Waals surface area contributed by atoms with Gasteiger partial charge in [-0.05, 0) is 37.1 Å². The molecule has 2 aromatic carbocycles. The number of hydrogen-bond donors (Lipinski definition) is 1. The molecule has 6 nitrogen and oxygen atoms in total. The fourth-order valence-electron chi connectivity index (χ4n) is 2.76. The Labute approximate surface area is 169 Å². The molecule has 0 radical (unpaired) electrons. The molecule has 0 spiro atoms. The van der Waals surface area contributed by atoms with Crippen LogP contribution in [0.15, 0.2) is 53.7 Å². The molecule has 1 N–H and O–H groups in total. The zero-order valence-electron chi connectivity index (χ0n) is 16.5. The van der Waals surface area contributed by atoms with Gasteiger partial charge in [0.05, 0.1) is 12.4 Å². The molecule has 1 atom stereocenters. The van der Waals surface area contributed by atoms with Crippen molar-refractivity contribution in [2.24, 2.45) is 7.05 Å². The summed E-state index contributed by atoms with van der Waals surface area (Å²) in [6.45, 7) is 4.39. The quantitative estimate of drug-likeness (QED) is 0.618. The Kier molecular flexibility index (Phi) is 6.36. The second-order valence-corrected chi connectivity index (χ2v) is 7.81. The summed E-state index contributed by atoms with van der Waals surface area (Å²) in [6.07, 6.45) is 0. The van der Waals surface area contributed by atoms with Crippen molar-refractivity contribution in [1.82, 2.24) is 20.1 Å². The van der Waals surface area contributed by atoms with Crippen molar-refractivity contribution in [3.05, 3.63) is 59.7 Å². The first-order chi connectivity index (χ1) is 13.5. The monoisotopic (exact) mass is 396 g/mol. The van der Waals surface area contributed by atoms with Crippen molar-refractivity contribution >= 4 is 17.7 Å². The maximum atomic E-state index is 12.5. The zero-order chi connectivity index (χ0) is 20.1. The van der Waals surface area contributed by atoms with Gasteiger partial charge in [-0.2, -0.15) is 0 Å². The Bertz CT molecular complexity index is 953. The minimum atomic E-state index is -0.286. The number of nitrogens with one attached hydrogen (secondary N) is 1. The van der Waals surface area contributed by atoms with Crippen molar-refractivity contribution in [3.8, 4) is 17.1 Å². The molecule has 1 aromatic heterocycles. The molecule has 3 aromatic rings. The van der Waals surface area contributed by atoms with Gasteiger partial charge in [0.1, 0.15) is 5.75 Å². The van der Waals surface area contributed by atoms with Crippen molar-refractivity contribution in [2.45, 2.75) is 30.8 Å². The third-order valence-corrected chi connectivity index (χ3v) is 5.63. The Morgan fingerprint density at radius 2 is 1.89 bits per heavy atom. The van der Waals surface area contributed by atoms with Gasteiger partial charge in [0.15, 0.2) is 11.0 Å². The fraction of sp³-hybridized carbons (Fsp3) is 0.286. The van der Waals surface area contributed by atoms with Crippen LogP contribution in [-0.2, 0) is 18.4 Å². The fourth-order valence-corrected chi connectivity index (χ4v) is 3.60. The number of hydrogen-bond acceptors (Lipinski definition) is 5. The van der Waals surface area contributed by atoms with E-state index in [0.29, 0.717) is 11.7 Å². The van der Waals surface area contributed by atoms with Crippen LogP contribution in [0.4, 0.5) is 0 Å². The highest BCUT2D eigenvalue weighted by Crippen LogP contribution is 2.27. The van der Waals surface area contributed by atoms with Crippen molar-refractivity contribution in [3.63, 3.8) is 0 Å². The van der Waals surface area contributed by atoms with Gasteiger partial charge < -0.3 is 14.6 Å². The number of thioether (sulfide) groups is 1. The van der Waals surface area contributed by atoms with Gasteiger partial charge >= 0.3 is 0 Å². The van der Waals surface area contributed by atoms with E-state index in [1.807, 2.05) is 74.0 Å². The van der Waals surface area contributed by atoms with Gasteiger partial charge in [-0.25, -0.2) is 0 Å².